The van der Waals surface area contributed by atoms with E-state index in [1.807, 2.05) is 6.07 Å². The number of pyridine rings is 1. The fourth-order valence-electron chi connectivity index (χ4n) is 8.63. The normalized spacial score (nSPS) is 30.3. The van der Waals surface area contributed by atoms with Gasteiger partial charge < -0.3 is 10.0 Å². The second-order valence-corrected chi connectivity index (χ2v) is 13.1. The maximum Gasteiger partial charge on any atom is 0.456 e. The van der Waals surface area contributed by atoms with Gasteiger partial charge in [-0.15, -0.1) is 0 Å². The summed E-state index contributed by atoms with van der Waals surface area (Å²) in [6, 6.07) is 10.4. The molecule has 2 fully saturated rings. The van der Waals surface area contributed by atoms with Crippen molar-refractivity contribution in [1.82, 2.24) is 9.88 Å². The lowest BCUT2D eigenvalue weighted by atomic mass is 9.50. The van der Waals surface area contributed by atoms with Crippen molar-refractivity contribution in [3.8, 4) is 0 Å². The molecule has 5 nitrogen and oxygen atoms in total. The Hall–Kier alpha value is -3.40. The summed E-state index contributed by atoms with van der Waals surface area (Å²) in [7, 11) is 1.67. The number of rotatable bonds is 5. The summed E-state index contributed by atoms with van der Waals surface area (Å²) in [4.78, 5) is 31.1. The van der Waals surface area contributed by atoms with Gasteiger partial charge in [-0.1, -0.05) is 30.7 Å². The van der Waals surface area contributed by atoms with Gasteiger partial charge in [0.15, 0.2) is 5.78 Å². The van der Waals surface area contributed by atoms with Crippen LogP contribution in [0.4, 0.5) is 22.0 Å². The minimum atomic E-state index is -5.90. The van der Waals surface area contributed by atoms with Crippen LogP contribution in [0.1, 0.15) is 79.3 Å². The number of aromatic nitrogens is 1. The fourth-order valence-corrected chi connectivity index (χ4v) is 8.63. The molecule has 1 amide bonds. The molecule has 2 aromatic rings. The van der Waals surface area contributed by atoms with Crippen LogP contribution in [-0.2, 0) is 11.3 Å². The minimum Gasteiger partial charge on any atom is -0.383 e. The van der Waals surface area contributed by atoms with Gasteiger partial charge in [0.25, 0.3) is 5.91 Å². The molecule has 1 N–H and O–H groups in total. The number of amides is 1. The minimum absolute atomic E-state index is 0.0262. The van der Waals surface area contributed by atoms with Crippen LogP contribution in [0, 0.1) is 17.3 Å². The number of carbonyl (C=O) groups is 2. The summed E-state index contributed by atoms with van der Waals surface area (Å²) in [6.45, 7) is 1.74. The number of halogens is 5. The van der Waals surface area contributed by atoms with Crippen LogP contribution < -0.4 is 0 Å². The smallest absolute Gasteiger partial charge is 0.383 e. The van der Waals surface area contributed by atoms with E-state index < -0.39 is 41.4 Å². The topological polar surface area (TPSA) is 70.5 Å². The van der Waals surface area contributed by atoms with E-state index in [-0.39, 0.29) is 30.4 Å². The molecule has 0 bridgehead atoms. The Bertz CT molecular complexity index is 1530. The number of ketones is 1. The van der Waals surface area contributed by atoms with Gasteiger partial charge >= 0.3 is 12.1 Å². The number of carbonyl (C=O) groups excluding carboxylic acids is 2. The summed E-state index contributed by atoms with van der Waals surface area (Å²) in [5, 5.41) is 11.4. The third kappa shape index (κ3) is 4.63. The van der Waals surface area contributed by atoms with E-state index in [2.05, 4.69) is 4.98 Å². The highest BCUT2D eigenvalue weighted by atomic mass is 19.4. The number of hydrogen-bond donors (Lipinski definition) is 1. The van der Waals surface area contributed by atoms with E-state index in [4.69, 9.17) is 0 Å². The Morgan fingerprint density at radius 1 is 1.07 bits per heavy atom. The van der Waals surface area contributed by atoms with Gasteiger partial charge in [0.2, 0.25) is 0 Å². The molecule has 0 saturated heterocycles. The van der Waals surface area contributed by atoms with Crippen LogP contribution in [0.15, 0.2) is 71.6 Å². The maximum absolute atomic E-state index is 15.2. The molecular weight excluding hydrogens is 579 g/mol. The lowest BCUT2D eigenvalue weighted by Crippen LogP contribution is -2.65. The van der Waals surface area contributed by atoms with Crippen molar-refractivity contribution in [3.05, 3.63) is 88.3 Å². The van der Waals surface area contributed by atoms with E-state index >= 15 is 8.78 Å². The first-order valence-electron chi connectivity index (χ1n) is 15.1. The quantitative estimate of drug-likeness (QED) is 0.362. The summed E-state index contributed by atoms with van der Waals surface area (Å²) in [5.74, 6) is -6.92. The molecule has 1 aromatic carbocycles. The van der Waals surface area contributed by atoms with Crippen molar-refractivity contribution in [1.29, 1.82) is 0 Å². The summed E-state index contributed by atoms with van der Waals surface area (Å²) in [6.07, 6.45) is 0.234. The van der Waals surface area contributed by atoms with Crippen LogP contribution in [0.2, 0.25) is 0 Å². The number of fused-ring (bicyclic) bond motifs is 4. The number of aliphatic hydroxyl groups is 1. The third-order valence-corrected chi connectivity index (χ3v) is 10.8. The van der Waals surface area contributed by atoms with Gasteiger partial charge in [0.1, 0.15) is 5.60 Å². The summed E-state index contributed by atoms with van der Waals surface area (Å²) >= 11 is 0. The van der Waals surface area contributed by atoms with E-state index in [0.717, 1.165) is 22.3 Å². The Morgan fingerprint density at radius 2 is 1.80 bits per heavy atom. The first kappa shape index (κ1) is 30.6. The van der Waals surface area contributed by atoms with E-state index in [1.165, 1.54) is 6.92 Å². The standard InChI is InChI=1S/C34H35F5N2O3/c1-31-17-27(21-5-7-22(8-6-21)30(43)41(2)19-20-4-3-15-40-18-20)29-25-12-10-24(42)16-23(25)9-11-26(29)28(31)13-14-32(31,44)33(35,36)34(37,38)39/h3-8,15-16,18,26-28,44H,9-14,17,19H2,1-2H3/t26?,27-,28?,31+,32-/m1/s1. The maximum atomic E-state index is 15.2. The van der Waals surface area contributed by atoms with Crippen LogP contribution in [0.25, 0.3) is 0 Å². The molecule has 0 aliphatic heterocycles. The average molecular weight is 615 g/mol. The van der Waals surface area contributed by atoms with E-state index in [0.29, 0.717) is 43.4 Å². The van der Waals surface area contributed by atoms with Gasteiger partial charge in [0, 0.05) is 49.3 Å². The molecule has 1 aromatic heterocycles. The molecule has 10 heteroatoms. The Labute approximate surface area is 252 Å². The Kier molecular flexibility index (Phi) is 7.38. The van der Waals surface area contributed by atoms with Gasteiger partial charge in [-0.25, -0.2) is 0 Å². The molecule has 6 rings (SSSR count). The summed E-state index contributed by atoms with van der Waals surface area (Å²) in [5.41, 5.74) is -0.132. The molecule has 0 radical (unpaired) electrons. The second-order valence-electron chi connectivity index (χ2n) is 13.1. The van der Waals surface area contributed by atoms with Crippen molar-refractivity contribution in [2.45, 2.75) is 82.0 Å². The van der Waals surface area contributed by atoms with Crippen LogP contribution in [0.3, 0.4) is 0 Å². The van der Waals surface area contributed by atoms with E-state index in [9.17, 15) is 27.9 Å². The zero-order valence-corrected chi connectivity index (χ0v) is 24.6. The average Bonchev–Trinajstić information content (AvgIpc) is 3.27. The molecule has 2 unspecified atom stereocenters. The van der Waals surface area contributed by atoms with Crippen molar-refractivity contribution in [2.24, 2.45) is 17.3 Å². The first-order valence-corrected chi connectivity index (χ1v) is 15.1. The largest absolute Gasteiger partial charge is 0.456 e. The van der Waals surface area contributed by atoms with E-state index in [1.54, 1.807) is 60.7 Å². The lowest BCUT2D eigenvalue weighted by Gasteiger charge is -2.56. The Morgan fingerprint density at radius 3 is 2.45 bits per heavy atom. The molecular formula is C34H35F5N2O3. The molecule has 1 heterocycles. The zero-order valence-electron chi connectivity index (χ0n) is 24.6. The summed E-state index contributed by atoms with van der Waals surface area (Å²) < 4.78 is 71.8. The predicted molar refractivity (Wildman–Crippen MR) is 153 cm³/mol. The van der Waals surface area contributed by atoms with Crippen LogP contribution in [-0.4, -0.2) is 51.4 Å². The zero-order chi connectivity index (χ0) is 31.7. The molecule has 4 aliphatic rings. The van der Waals surface area contributed by atoms with Crippen molar-refractivity contribution >= 4 is 11.7 Å². The number of nitrogens with zero attached hydrogens (tertiary/aromatic N) is 2. The molecule has 44 heavy (non-hydrogen) atoms. The molecule has 5 atom stereocenters. The molecule has 4 aliphatic carbocycles. The number of alkyl halides is 5. The van der Waals surface area contributed by atoms with Gasteiger partial charge in [0.05, 0.1) is 0 Å². The highest BCUT2D eigenvalue weighted by Gasteiger charge is 2.79. The third-order valence-electron chi connectivity index (χ3n) is 10.8. The fraction of sp³-hybridized carbons (Fsp3) is 0.500. The predicted octanol–water partition coefficient (Wildman–Crippen LogP) is 7.18. The van der Waals surface area contributed by atoms with Crippen molar-refractivity contribution in [2.75, 3.05) is 7.05 Å². The second kappa shape index (κ2) is 10.6. The Balaban J connectivity index is 1.40. The number of hydrogen-bond acceptors (Lipinski definition) is 4. The van der Waals surface area contributed by atoms with Crippen LogP contribution >= 0.6 is 0 Å². The van der Waals surface area contributed by atoms with Crippen molar-refractivity contribution in [3.63, 3.8) is 0 Å². The van der Waals surface area contributed by atoms with Gasteiger partial charge in [-0.3, -0.25) is 14.6 Å². The molecule has 0 spiro atoms. The highest BCUT2D eigenvalue weighted by molar-refractivity contribution is 5.94. The lowest BCUT2D eigenvalue weighted by molar-refractivity contribution is -0.362. The SMILES string of the molecule is CN(Cc1cccnc1)C(=O)c1ccc([C@H]2C[C@@]3(C)C(CC[C@]3(O)C(F)(F)C(F)(F)F)C3CCC4=CC(=O)CCC4=C32)cc1. The first-order chi connectivity index (χ1) is 20.7. The van der Waals surface area contributed by atoms with Crippen LogP contribution in [0.5, 0.6) is 0 Å². The number of benzene rings is 1. The monoisotopic (exact) mass is 614 g/mol. The molecule has 234 valence electrons. The van der Waals surface area contributed by atoms with Crippen molar-refractivity contribution < 1.29 is 36.6 Å². The highest BCUT2D eigenvalue weighted by Crippen LogP contribution is 2.70. The van der Waals surface area contributed by atoms with Gasteiger partial charge in [-0.05, 0) is 96.9 Å². The number of allylic oxidation sites excluding steroid dienone is 4. The molecule has 2 saturated carbocycles. The van der Waals surface area contributed by atoms with Gasteiger partial charge in [-0.2, -0.15) is 22.0 Å².